The van der Waals surface area contributed by atoms with Crippen LogP contribution >= 0.6 is 11.8 Å². The van der Waals surface area contributed by atoms with Crippen molar-refractivity contribution in [2.45, 2.75) is 24.0 Å². The van der Waals surface area contributed by atoms with Crippen LogP contribution in [-0.4, -0.2) is 30.7 Å². The second-order valence-electron chi connectivity index (χ2n) is 4.84. The zero-order valence-electron chi connectivity index (χ0n) is 10.0. The summed E-state index contributed by atoms with van der Waals surface area (Å²) in [5.41, 5.74) is 1.37. The third-order valence-corrected chi connectivity index (χ3v) is 4.98. The molecule has 1 fully saturated rings. The molecule has 2 unspecified atom stereocenters. The summed E-state index contributed by atoms with van der Waals surface area (Å²) in [6, 6.07) is 8.41. The van der Waals surface area contributed by atoms with Gasteiger partial charge in [0.25, 0.3) is 0 Å². The van der Waals surface area contributed by atoms with Crippen molar-refractivity contribution in [3.8, 4) is 5.75 Å². The van der Waals surface area contributed by atoms with Crippen molar-refractivity contribution >= 4 is 11.8 Å². The van der Waals surface area contributed by atoms with E-state index < -0.39 is 0 Å². The number of thioether (sulfide) groups is 1. The van der Waals surface area contributed by atoms with Gasteiger partial charge >= 0.3 is 0 Å². The third-order valence-electron chi connectivity index (χ3n) is 3.59. The van der Waals surface area contributed by atoms with Gasteiger partial charge in [-0.05, 0) is 24.7 Å². The molecule has 2 aliphatic heterocycles. The maximum absolute atomic E-state index is 5.69. The fourth-order valence-corrected chi connectivity index (χ4v) is 3.86. The molecule has 1 saturated heterocycles. The standard InChI is InChI=1S/C14H19NOS/c1-2-6-14-13(5-1)11(10-16-14)8-15-9-12-4-3-7-17-12/h1-2,5-6,11-12,15H,3-4,7-10H2. The minimum absolute atomic E-state index is 0.539. The van der Waals surface area contributed by atoms with Crippen molar-refractivity contribution in [1.82, 2.24) is 5.32 Å². The smallest absolute Gasteiger partial charge is 0.122 e. The monoisotopic (exact) mass is 249 g/mol. The van der Waals surface area contributed by atoms with Crippen LogP contribution in [0, 0.1) is 0 Å². The Bertz CT molecular complexity index is 376. The van der Waals surface area contributed by atoms with Crippen LogP contribution in [0.3, 0.4) is 0 Å². The molecule has 3 heteroatoms. The molecule has 0 aliphatic carbocycles. The van der Waals surface area contributed by atoms with Crippen molar-refractivity contribution in [2.24, 2.45) is 0 Å². The van der Waals surface area contributed by atoms with Crippen molar-refractivity contribution in [1.29, 1.82) is 0 Å². The third kappa shape index (κ3) is 2.61. The van der Waals surface area contributed by atoms with Gasteiger partial charge in [-0.1, -0.05) is 18.2 Å². The number of fused-ring (bicyclic) bond motifs is 1. The summed E-state index contributed by atoms with van der Waals surface area (Å²) < 4.78 is 5.69. The quantitative estimate of drug-likeness (QED) is 0.886. The molecular formula is C14H19NOS. The Hall–Kier alpha value is -0.670. The van der Waals surface area contributed by atoms with Crippen molar-refractivity contribution < 1.29 is 4.74 Å². The van der Waals surface area contributed by atoms with E-state index in [9.17, 15) is 0 Å². The van der Waals surface area contributed by atoms with Crippen LogP contribution in [0.1, 0.15) is 24.3 Å². The summed E-state index contributed by atoms with van der Waals surface area (Å²) in [5.74, 6) is 2.97. The Labute approximate surface area is 107 Å². The summed E-state index contributed by atoms with van der Waals surface area (Å²) in [7, 11) is 0. The first-order valence-corrected chi connectivity index (χ1v) is 7.52. The van der Waals surface area contributed by atoms with E-state index in [1.54, 1.807) is 0 Å². The number of hydrogen-bond acceptors (Lipinski definition) is 3. The molecule has 0 aromatic heterocycles. The number of ether oxygens (including phenoxy) is 1. The first kappa shape index (κ1) is 11.4. The molecule has 0 radical (unpaired) electrons. The van der Waals surface area contributed by atoms with Crippen molar-refractivity contribution in [3.05, 3.63) is 29.8 Å². The molecule has 2 aliphatic rings. The fraction of sp³-hybridized carbons (Fsp3) is 0.571. The molecule has 3 rings (SSSR count). The molecule has 2 heterocycles. The summed E-state index contributed by atoms with van der Waals surface area (Å²) >= 11 is 2.12. The van der Waals surface area contributed by atoms with Gasteiger partial charge in [-0.3, -0.25) is 0 Å². The highest BCUT2D eigenvalue weighted by molar-refractivity contribution is 8.00. The van der Waals surface area contributed by atoms with Crippen LogP contribution in [0.15, 0.2) is 24.3 Å². The van der Waals surface area contributed by atoms with E-state index in [2.05, 4.69) is 35.3 Å². The van der Waals surface area contributed by atoms with Crippen LogP contribution < -0.4 is 10.1 Å². The molecule has 0 bridgehead atoms. The summed E-state index contributed by atoms with van der Waals surface area (Å²) in [5, 5.41) is 4.45. The molecule has 1 aromatic rings. The lowest BCUT2D eigenvalue weighted by Gasteiger charge is -2.13. The minimum atomic E-state index is 0.539. The van der Waals surface area contributed by atoms with Crippen LogP contribution in [0.25, 0.3) is 0 Å². The van der Waals surface area contributed by atoms with Gasteiger partial charge in [-0.2, -0.15) is 11.8 Å². The topological polar surface area (TPSA) is 21.3 Å². The Morgan fingerprint density at radius 1 is 1.29 bits per heavy atom. The molecule has 92 valence electrons. The van der Waals surface area contributed by atoms with E-state index in [0.717, 1.165) is 30.7 Å². The number of rotatable bonds is 4. The van der Waals surface area contributed by atoms with E-state index in [1.807, 2.05) is 6.07 Å². The van der Waals surface area contributed by atoms with Gasteiger partial charge in [0.1, 0.15) is 5.75 Å². The lowest BCUT2D eigenvalue weighted by atomic mass is 10.0. The largest absolute Gasteiger partial charge is 0.493 e. The van der Waals surface area contributed by atoms with E-state index in [-0.39, 0.29) is 0 Å². The number of hydrogen-bond donors (Lipinski definition) is 1. The number of nitrogens with one attached hydrogen (secondary N) is 1. The van der Waals surface area contributed by atoms with Gasteiger partial charge in [0.15, 0.2) is 0 Å². The molecule has 1 N–H and O–H groups in total. The van der Waals surface area contributed by atoms with Gasteiger partial charge in [0.05, 0.1) is 6.61 Å². The summed E-state index contributed by atoms with van der Waals surface area (Å²) in [4.78, 5) is 0. The highest BCUT2D eigenvalue weighted by Gasteiger charge is 2.23. The van der Waals surface area contributed by atoms with Gasteiger partial charge in [0, 0.05) is 29.8 Å². The van der Waals surface area contributed by atoms with Crippen LogP contribution in [0.5, 0.6) is 5.75 Å². The average Bonchev–Trinajstić information content (AvgIpc) is 2.99. The van der Waals surface area contributed by atoms with E-state index in [4.69, 9.17) is 4.74 Å². The average molecular weight is 249 g/mol. The van der Waals surface area contributed by atoms with E-state index in [1.165, 1.54) is 24.2 Å². The number of benzene rings is 1. The summed E-state index contributed by atoms with van der Waals surface area (Å²) in [6.07, 6.45) is 2.78. The first-order valence-electron chi connectivity index (χ1n) is 6.47. The van der Waals surface area contributed by atoms with E-state index >= 15 is 0 Å². The molecule has 17 heavy (non-hydrogen) atoms. The predicted molar refractivity (Wildman–Crippen MR) is 73.0 cm³/mol. The Morgan fingerprint density at radius 3 is 3.12 bits per heavy atom. The van der Waals surface area contributed by atoms with Gasteiger partial charge in [0.2, 0.25) is 0 Å². The summed E-state index contributed by atoms with van der Waals surface area (Å²) in [6.45, 7) is 3.04. The van der Waals surface area contributed by atoms with Crippen LogP contribution in [-0.2, 0) is 0 Å². The molecule has 0 saturated carbocycles. The zero-order chi connectivity index (χ0) is 11.5. The second kappa shape index (κ2) is 5.32. The SMILES string of the molecule is c1ccc2c(c1)OCC2CNCC1CCCS1. The Morgan fingerprint density at radius 2 is 2.24 bits per heavy atom. The lowest BCUT2D eigenvalue weighted by molar-refractivity contribution is 0.326. The Balaban J connectivity index is 1.50. The molecule has 2 atom stereocenters. The molecular weight excluding hydrogens is 230 g/mol. The molecule has 0 spiro atoms. The lowest BCUT2D eigenvalue weighted by Crippen LogP contribution is -2.28. The number of para-hydroxylation sites is 1. The van der Waals surface area contributed by atoms with Crippen LogP contribution in [0.2, 0.25) is 0 Å². The highest BCUT2D eigenvalue weighted by Crippen LogP contribution is 2.33. The van der Waals surface area contributed by atoms with Gasteiger partial charge in [-0.15, -0.1) is 0 Å². The van der Waals surface area contributed by atoms with Crippen molar-refractivity contribution in [3.63, 3.8) is 0 Å². The minimum Gasteiger partial charge on any atom is -0.493 e. The predicted octanol–water partition coefficient (Wildman–Crippen LogP) is 2.65. The molecule has 0 amide bonds. The van der Waals surface area contributed by atoms with Crippen LogP contribution in [0.4, 0.5) is 0 Å². The highest BCUT2D eigenvalue weighted by atomic mass is 32.2. The van der Waals surface area contributed by atoms with Gasteiger partial charge < -0.3 is 10.1 Å². The fourth-order valence-electron chi connectivity index (χ4n) is 2.62. The van der Waals surface area contributed by atoms with Crippen molar-refractivity contribution in [2.75, 3.05) is 25.4 Å². The first-order chi connectivity index (χ1) is 8.43. The molecule has 1 aromatic carbocycles. The maximum atomic E-state index is 5.69. The Kier molecular flexibility index (Phi) is 3.57. The van der Waals surface area contributed by atoms with E-state index in [0.29, 0.717) is 5.92 Å². The molecule has 2 nitrogen and oxygen atoms in total. The maximum Gasteiger partial charge on any atom is 0.122 e. The second-order valence-corrected chi connectivity index (χ2v) is 6.25. The van der Waals surface area contributed by atoms with Gasteiger partial charge in [-0.25, -0.2) is 0 Å². The zero-order valence-corrected chi connectivity index (χ0v) is 10.8. The normalized spacial score (nSPS) is 26.8.